The first-order valence-electron chi connectivity index (χ1n) is 10.9. The van der Waals surface area contributed by atoms with Gasteiger partial charge in [-0.25, -0.2) is 9.20 Å². The number of fused-ring (bicyclic) bond motifs is 1. The largest absolute Gasteiger partial charge is 0.466 e. The fraction of sp³-hybridized carbons (Fsp3) is 0.280. The van der Waals surface area contributed by atoms with Crippen LogP contribution in [0.25, 0.3) is 28.0 Å². The van der Waals surface area contributed by atoms with Gasteiger partial charge in [0, 0.05) is 30.8 Å². The van der Waals surface area contributed by atoms with E-state index in [1.54, 1.807) is 19.1 Å². The number of hydrogen-bond acceptors (Lipinski definition) is 5. The summed E-state index contributed by atoms with van der Waals surface area (Å²) in [6.45, 7) is 2.70. The Kier molecular flexibility index (Phi) is 6.75. The average molecular weight is 431 g/mol. The number of nitrogens with zero attached hydrogens (tertiary/aromatic N) is 4. The van der Waals surface area contributed by atoms with Crippen molar-refractivity contribution in [2.24, 2.45) is 0 Å². The summed E-state index contributed by atoms with van der Waals surface area (Å²) in [5, 5.41) is 9.45. The molecule has 7 nitrogen and oxygen atoms in total. The van der Waals surface area contributed by atoms with Crippen molar-refractivity contribution >= 4 is 11.5 Å². The Bertz CT molecular complexity index is 1260. The van der Waals surface area contributed by atoms with Crippen molar-refractivity contribution in [2.75, 3.05) is 6.61 Å². The zero-order valence-corrected chi connectivity index (χ0v) is 18.1. The first-order chi connectivity index (χ1) is 15.7. The molecule has 1 aromatic carbocycles. The molecule has 4 rings (SSSR count). The summed E-state index contributed by atoms with van der Waals surface area (Å²) in [4.78, 5) is 23.9. The molecular formula is C25H26N4O3. The number of pyridine rings is 1. The first kappa shape index (κ1) is 21.5. The van der Waals surface area contributed by atoms with E-state index in [4.69, 9.17) is 9.84 Å². The van der Waals surface area contributed by atoms with Crippen molar-refractivity contribution in [3.63, 3.8) is 0 Å². The van der Waals surface area contributed by atoms with Gasteiger partial charge in [0.1, 0.15) is 5.69 Å². The summed E-state index contributed by atoms with van der Waals surface area (Å²) in [6, 6.07) is 19.2. The number of aryl methyl sites for hydroxylation is 1. The molecule has 0 atom stereocenters. The number of benzene rings is 1. The Balaban J connectivity index is 1.60. The van der Waals surface area contributed by atoms with Crippen molar-refractivity contribution in [2.45, 2.75) is 39.2 Å². The summed E-state index contributed by atoms with van der Waals surface area (Å²) in [5.74, 6) is -0.175. The predicted molar refractivity (Wildman–Crippen MR) is 123 cm³/mol. The fourth-order valence-corrected chi connectivity index (χ4v) is 3.73. The zero-order valence-electron chi connectivity index (χ0n) is 18.1. The van der Waals surface area contributed by atoms with Crippen LogP contribution in [0.3, 0.4) is 0 Å². The molecule has 7 heteroatoms. The second kappa shape index (κ2) is 10.0. The summed E-state index contributed by atoms with van der Waals surface area (Å²) in [7, 11) is 0. The third-order valence-corrected chi connectivity index (χ3v) is 5.27. The Labute approximate surface area is 186 Å². The topological polar surface area (TPSA) is 78.5 Å². The minimum absolute atomic E-state index is 0.142. The van der Waals surface area contributed by atoms with Crippen molar-refractivity contribution in [1.29, 1.82) is 0 Å². The molecule has 0 radical (unpaired) electrons. The lowest BCUT2D eigenvalue weighted by Crippen LogP contribution is -2.22. The highest BCUT2D eigenvalue weighted by Gasteiger charge is 2.18. The number of aromatic nitrogens is 4. The average Bonchev–Trinajstić information content (AvgIpc) is 3.20. The number of hydrogen-bond donors (Lipinski definition) is 0. The van der Waals surface area contributed by atoms with Gasteiger partial charge in [-0.05, 0) is 38.0 Å². The maximum Gasteiger partial charge on any atom is 0.305 e. The SMILES string of the molecule is CCOC(=O)CCCCCn1nc(-c2c(-c3ccccc3)nn3ccccc23)ccc1=O. The van der Waals surface area contributed by atoms with E-state index < -0.39 is 0 Å². The number of ether oxygens (including phenoxy) is 1. The number of esters is 1. The van der Waals surface area contributed by atoms with Gasteiger partial charge in [0.05, 0.1) is 23.4 Å². The van der Waals surface area contributed by atoms with Gasteiger partial charge in [0.25, 0.3) is 5.56 Å². The van der Waals surface area contributed by atoms with Gasteiger partial charge in [0.15, 0.2) is 0 Å². The summed E-state index contributed by atoms with van der Waals surface area (Å²) >= 11 is 0. The molecule has 0 aliphatic rings. The minimum Gasteiger partial charge on any atom is -0.466 e. The van der Waals surface area contributed by atoms with Crippen LogP contribution in [0.15, 0.2) is 71.7 Å². The highest BCUT2D eigenvalue weighted by molar-refractivity contribution is 5.90. The normalized spacial score (nSPS) is 11.0. The molecule has 0 N–H and O–H groups in total. The van der Waals surface area contributed by atoms with Crippen molar-refractivity contribution < 1.29 is 9.53 Å². The van der Waals surface area contributed by atoms with E-state index in [9.17, 15) is 9.59 Å². The maximum absolute atomic E-state index is 12.4. The molecule has 32 heavy (non-hydrogen) atoms. The summed E-state index contributed by atoms with van der Waals surface area (Å²) < 4.78 is 8.29. The minimum atomic E-state index is -0.175. The smallest absolute Gasteiger partial charge is 0.305 e. The number of rotatable bonds is 9. The second-order valence-corrected chi connectivity index (χ2v) is 7.52. The van der Waals surface area contributed by atoms with E-state index in [1.807, 2.05) is 59.2 Å². The summed E-state index contributed by atoms with van der Waals surface area (Å²) in [6.07, 6.45) is 4.63. The molecule has 0 bridgehead atoms. The van der Waals surface area contributed by atoms with Gasteiger partial charge in [-0.1, -0.05) is 42.8 Å². The van der Waals surface area contributed by atoms with Crippen LogP contribution < -0.4 is 5.56 Å². The van der Waals surface area contributed by atoms with Crippen LogP contribution in [0, 0.1) is 0 Å². The van der Waals surface area contributed by atoms with Crippen LogP contribution in [-0.2, 0) is 16.1 Å². The van der Waals surface area contributed by atoms with Crippen molar-refractivity contribution in [3.8, 4) is 22.5 Å². The van der Waals surface area contributed by atoms with Gasteiger partial charge in [0.2, 0.25) is 0 Å². The standard InChI is InChI=1S/C25H26N4O3/c1-2-32-23(31)14-7-4-9-18-29-22(30)16-15-20(26-29)24-21-13-8-10-17-28(21)27-25(24)19-11-5-3-6-12-19/h3,5-6,8,10-13,15-17H,2,4,7,9,14,18H2,1H3. The van der Waals surface area contributed by atoms with Crippen LogP contribution in [0.4, 0.5) is 0 Å². The fourth-order valence-electron chi connectivity index (χ4n) is 3.73. The van der Waals surface area contributed by atoms with E-state index in [0.29, 0.717) is 25.3 Å². The molecule has 0 amide bonds. The van der Waals surface area contributed by atoms with Crippen LogP contribution in [0.1, 0.15) is 32.6 Å². The van der Waals surface area contributed by atoms with E-state index in [1.165, 1.54) is 4.68 Å². The molecule has 164 valence electrons. The Hall–Kier alpha value is -3.74. The second-order valence-electron chi connectivity index (χ2n) is 7.52. The monoisotopic (exact) mass is 430 g/mol. The zero-order chi connectivity index (χ0) is 22.3. The molecule has 0 spiro atoms. The third kappa shape index (κ3) is 4.77. The van der Waals surface area contributed by atoms with Gasteiger partial charge in [-0.15, -0.1) is 0 Å². The lowest BCUT2D eigenvalue weighted by Gasteiger charge is -2.08. The predicted octanol–water partition coefficient (Wildman–Crippen LogP) is 4.35. The first-order valence-corrected chi connectivity index (χ1v) is 10.9. The third-order valence-electron chi connectivity index (χ3n) is 5.27. The van der Waals surface area contributed by atoms with Crippen LogP contribution in [-0.4, -0.2) is 32.0 Å². The quantitative estimate of drug-likeness (QED) is 0.291. The van der Waals surface area contributed by atoms with Crippen molar-refractivity contribution in [1.82, 2.24) is 19.4 Å². The molecule has 0 aliphatic heterocycles. The van der Waals surface area contributed by atoms with E-state index >= 15 is 0 Å². The van der Waals surface area contributed by atoms with Gasteiger partial charge >= 0.3 is 5.97 Å². The maximum atomic E-state index is 12.4. The van der Waals surface area contributed by atoms with E-state index in [-0.39, 0.29) is 11.5 Å². The highest BCUT2D eigenvalue weighted by Crippen LogP contribution is 2.33. The number of carbonyl (C=O) groups is 1. The number of unbranched alkanes of at least 4 members (excludes halogenated alkanes) is 2. The lowest BCUT2D eigenvalue weighted by molar-refractivity contribution is -0.143. The summed E-state index contributed by atoms with van der Waals surface area (Å²) in [5.41, 5.74) is 4.20. The molecule has 0 saturated carbocycles. The Morgan fingerprint density at radius 1 is 0.938 bits per heavy atom. The van der Waals surface area contributed by atoms with Crippen molar-refractivity contribution in [3.05, 3.63) is 77.2 Å². The molecule has 3 aromatic heterocycles. The number of carbonyl (C=O) groups excluding carboxylic acids is 1. The molecule has 0 unspecified atom stereocenters. The van der Waals surface area contributed by atoms with Gasteiger partial charge < -0.3 is 4.74 Å². The highest BCUT2D eigenvalue weighted by atomic mass is 16.5. The Morgan fingerprint density at radius 3 is 2.56 bits per heavy atom. The molecule has 0 fully saturated rings. The molecule has 0 aliphatic carbocycles. The van der Waals surface area contributed by atoms with Crippen LogP contribution >= 0.6 is 0 Å². The van der Waals surface area contributed by atoms with Crippen LogP contribution in [0.5, 0.6) is 0 Å². The van der Waals surface area contributed by atoms with Crippen LogP contribution in [0.2, 0.25) is 0 Å². The Morgan fingerprint density at radius 2 is 1.75 bits per heavy atom. The lowest BCUT2D eigenvalue weighted by atomic mass is 10.0. The molecular weight excluding hydrogens is 404 g/mol. The van der Waals surface area contributed by atoms with E-state index in [0.717, 1.165) is 41.6 Å². The van der Waals surface area contributed by atoms with Gasteiger partial charge in [-0.3, -0.25) is 9.59 Å². The molecule has 4 aromatic rings. The van der Waals surface area contributed by atoms with E-state index in [2.05, 4.69) is 5.10 Å². The molecule has 0 saturated heterocycles. The molecule has 3 heterocycles. The van der Waals surface area contributed by atoms with Gasteiger partial charge in [-0.2, -0.15) is 10.2 Å².